The highest BCUT2D eigenvalue weighted by atomic mass is 16.6. The van der Waals surface area contributed by atoms with E-state index in [0.29, 0.717) is 23.7 Å². The van der Waals surface area contributed by atoms with Gasteiger partial charge in [-0.1, -0.05) is 12.1 Å². The summed E-state index contributed by atoms with van der Waals surface area (Å²) in [5.41, 5.74) is 1.20. The molecule has 1 aromatic heterocycles. The van der Waals surface area contributed by atoms with Gasteiger partial charge in [-0.2, -0.15) is 0 Å². The normalized spacial score (nSPS) is 14.8. The monoisotopic (exact) mass is 407 g/mol. The third kappa shape index (κ3) is 4.27. The van der Waals surface area contributed by atoms with E-state index in [9.17, 15) is 9.59 Å². The molecule has 1 aliphatic rings. The fourth-order valence-electron chi connectivity index (χ4n) is 3.08. The second-order valence-corrected chi connectivity index (χ2v) is 6.69. The molecule has 0 fully saturated rings. The van der Waals surface area contributed by atoms with Crippen LogP contribution in [0.1, 0.15) is 0 Å². The molecule has 0 aliphatic carbocycles. The molecule has 8 heteroatoms. The minimum absolute atomic E-state index is 0.140. The summed E-state index contributed by atoms with van der Waals surface area (Å²) in [5.74, 6) is 1.61. The zero-order chi connectivity index (χ0) is 20.9. The molecule has 0 radical (unpaired) electrons. The summed E-state index contributed by atoms with van der Waals surface area (Å²) in [6.45, 7) is 0.704. The van der Waals surface area contributed by atoms with Gasteiger partial charge < -0.3 is 19.5 Å². The number of para-hydroxylation sites is 2. The van der Waals surface area contributed by atoms with E-state index in [-0.39, 0.29) is 24.6 Å². The van der Waals surface area contributed by atoms with Gasteiger partial charge in [-0.05, 0) is 36.4 Å². The predicted molar refractivity (Wildman–Crippen MR) is 110 cm³/mol. The Kier molecular flexibility index (Phi) is 5.65. The Labute approximate surface area is 173 Å². The molecular formula is C22H21N3O5. The summed E-state index contributed by atoms with van der Waals surface area (Å²) in [6, 6.07) is 16.0. The Morgan fingerprint density at radius 1 is 1.20 bits per heavy atom. The maximum absolute atomic E-state index is 12.4. The topological polar surface area (TPSA) is 91.7 Å². The summed E-state index contributed by atoms with van der Waals surface area (Å²) in [4.78, 5) is 29.1. The fourth-order valence-corrected chi connectivity index (χ4v) is 3.08. The van der Waals surface area contributed by atoms with Crippen molar-refractivity contribution in [1.29, 1.82) is 0 Å². The number of nitrogens with one attached hydrogen (secondary N) is 1. The minimum Gasteiger partial charge on any atom is -0.497 e. The molecule has 2 aromatic carbocycles. The first-order valence-electron chi connectivity index (χ1n) is 9.51. The number of hydrogen-bond acceptors (Lipinski definition) is 6. The van der Waals surface area contributed by atoms with Crippen molar-refractivity contribution in [1.82, 2.24) is 14.9 Å². The molecule has 0 spiro atoms. The maximum atomic E-state index is 12.4. The van der Waals surface area contributed by atoms with Crippen LogP contribution < -0.4 is 25.1 Å². The van der Waals surface area contributed by atoms with Gasteiger partial charge in [0.1, 0.15) is 12.4 Å². The molecule has 1 atom stereocenters. The van der Waals surface area contributed by atoms with Crippen LogP contribution in [0.25, 0.3) is 11.3 Å². The molecule has 3 aromatic rings. The quantitative estimate of drug-likeness (QED) is 0.671. The van der Waals surface area contributed by atoms with Gasteiger partial charge in [0, 0.05) is 24.7 Å². The molecule has 2 heterocycles. The highest BCUT2D eigenvalue weighted by Gasteiger charge is 2.26. The summed E-state index contributed by atoms with van der Waals surface area (Å²) in [6.07, 6.45) is 0.747. The first kappa shape index (κ1) is 19.5. The molecule has 1 N–H and O–H groups in total. The SMILES string of the molecule is COc1ccc(-c2cc(=O)n(CCNC(=O)C3COc4ccccc4O3)cn2)cc1. The largest absolute Gasteiger partial charge is 0.497 e. The minimum atomic E-state index is -0.729. The molecule has 4 rings (SSSR count). The van der Waals surface area contributed by atoms with Gasteiger partial charge in [-0.3, -0.25) is 14.2 Å². The zero-order valence-corrected chi connectivity index (χ0v) is 16.4. The number of ether oxygens (including phenoxy) is 3. The van der Waals surface area contributed by atoms with E-state index in [1.54, 1.807) is 19.2 Å². The van der Waals surface area contributed by atoms with Crippen molar-refractivity contribution in [3.05, 3.63) is 71.3 Å². The lowest BCUT2D eigenvalue weighted by Gasteiger charge is -2.25. The molecule has 1 unspecified atom stereocenters. The van der Waals surface area contributed by atoms with Crippen molar-refractivity contribution in [3.8, 4) is 28.5 Å². The zero-order valence-electron chi connectivity index (χ0n) is 16.4. The Morgan fingerprint density at radius 3 is 2.70 bits per heavy atom. The number of aromatic nitrogens is 2. The van der Waals surface area contributed by atoms with Crippen LogP contribution >= 0.6 is 0 Å². The average Bonchev–Trinajstić information content (AvgIpc) is 2.79. The van der Waals surface area contributed by atoms with E-state index >= 15 is 0 Å². The molecule has 1 aliphatic heterocycles. The summed E-state index contributed by atoms with van der Waals surface area (Å²) in [7, 11) is 1.60. The van der Waals surface area contributed by atoms with Gasteiger partial charge in [0.2, 0.25) is 6.10 Å². The Balaban J connectivity index is 1.33. The van der Waals surface area contributed by atoms with Gasteiger partial charge in [-0.25, -0.2) is 4.98 Å². The van der Waals surface area contributed by atoms with E-state index in [0.717, 1.165) is 11.3 Å². The summed E-state index contributed by atoms with van der Waals surface area (Å²) >= 11 is 0. The highest BCUT2D eigenvalue weighted by molar-refractivity contribution is 5.81. The first-order chi connectivity index (χ1) is 14.6. The van der Waals surface area contributed by atoms with Crippen LogP contribution in [0.5, 0.6) is 17.2 Å². The van der Waals surface area contributed by atoms with Crippen LogP contribution in [-0.4, -0.2) is 41.8 Å². The van der Waals surface area contributed by atoms with Gasteiger partial charge in [0.05, 0.1) is 19.1 Å². The van der Waals surface area contributed by atoms with Crippen molar-refractivity contribution in [3.63, 3.8) is 0 Å². The molecule has 1 amide bonds. The molecule has 0 bridgehead atoms. The van der Waals surface area contributed by atoms with E-state index in [2.05, 4.69) is 10.3 Å². The summed E-state index contributed by atoms with van der Waals surface area (Å²) in [5, 5.41) is 2.77. The Morgan fingerprint density at radius 2 is 1.97 bits per heavy atom. The number of hydrogen-bond donors (Lipinski definition) is 1. The predicted octanol–water partition coefficient (Wildman–Crippen LogP) is 1.88. The number of carbonyl (C=O) groups excluding carboxylic acids is 1. The number of nitrogens with zero attached hydrogens (tertiary/aromatic N) is 2. The van der Waals surface area contributed by atoms with E-state index in [4.69, 9.17) is 14.2 Å². The van der Waals surface area contributed by atoms with Crippen molar-refractivity contribution >= 4 is 5.91 Å². The van der Waals surface area contributed by atoms with Crippen molar-refractivity contribution < 1.29 is 19.0 Å². The maximum Gasteiger partial charge on any atom is 0.264 e. The second kappa shape index (κ2) is 8.69. The fraction of sp³-hybridized carbons (Fsp3) is 0.227. The van der Waals surface area contributed by atoms with Crippen LogP contribution in [0, 0.1) is 0 Å². The second-order valence-electron chi connectivity index (χ2n) is 6.69. The van der Waals surface area contributed by atoms with Crippen LogP contribution in [0.4, 0.5) is 0 Å². The molecule has 154 valence electrons. The van der Waals surface area contributed by atoms with Gasteiger partial charge in [-0.15, -0.1) is 0 Å². The van der Waals surface area contributed by atoms with E-state index < -0.39 is 6.10 Å². The molecule has 0 saturated heterocycles. The smallest absolute Gasteiger partial charge is 0.264 e. The molecule has 8 nitrogen and oxygen atoms in total. The number of amides is 1. The standard InChI is InChI=1S/C22H21N3O5/c1-28-16-8-6-15(7-9-16)17-12-21(26)25(14-24-17)11-10-23-22(27)20-13-29-18-4-2-3-5-19(18)30-20/h2-9,12,14,20H,10-11,13H2,1H3,(H,23,27). The van der Waals surface area contributed by atoms with Crippen molar-refractivity contribution in [2.45, 2.75) is 12.6 Å². The number of carbonyl (C=O) groups is 1. The Hall–Kier alpha value is -3.81. The van der Waals surface area contributed by atoms with E-state index in [1.165, 1.54) is 17.0 Å². The lowest BCUT2D eigenvalue weighted by atomic mass is 10.1. The molecule has 30 heavy (non-hydrogen) atoms. The first-order valence-corrected chi connectivity index (χ1v) is 9.51. The van der Waals surface area contributed by atoms with Crippen LogP contribution in [0.3, 0.4) is 0 Å². The third-order valence-electron chi connectivity index (χ3n) is 4.72. The van der Waals surface area contributed by atoms with Crippen molar-refractivity contribution in [2.24, 2.45) is 0 Å². The number of rotatable bonds is 6. The number of benzene rings is 2. The van der Waals surface area contributed by atoms with E-state index in [1.807, 2.05) is 36.4 Å². The lowest BCUT2D eigenvalue weighted by molar-refractivity contribution is -0.130. The lowest BCUT2D eigenvalue weighted by Crippen LogP contribution is -2.45. The van der Waals surface area contributed by atoms with Gasteiger partial charge >= 0.3 is 0 Å². The van der Waals surface area contributed by atoms with Gasteiger partial charge in [0.15, 0.2) is 11.5 Å². The van der Waals surface area contributed by atoms with Crippen molar-refractivity contribution in [2.75, 3.05) is 20.3 Å². The van der Waals surface area contributed by atoms with Gasteiger partial charge in [0.25, 0.3) is 11.5 Å². The molecule has 0 saturated carbocycles. The summed E-state index contributed by atoms with van der Waals surface area (Å²) < 4.78 is 17.8. The highest BCUT2D eigenvalue weighted by Crippen LogP contribution is 2.30. The number of methoxy groups -OCH3 is 1. The Bertz CT molecular complexity index is 1090. The van der Waals surface area contributed by atoms with Crippen LogP contribution in [0.2, 0.25) is 0 Å². The number of fused-ring (bicyclic) bond motifs is 1. The molecular weight excluding hydrogens is 386 g/mol. The van der Waals surface area contributed by atoms with Crippen LogP contribution in [-0.2, 0) is 11.3 Å². The van der Waals surface area contributed by atoms with Crippen LogP contribution in [0.15, 0.2) is 65.7 Å². The third-order valence-corrected chi connectivity index (χ3v) is 4.72. The average molecular weight is 407 g/mol.